The van der Waals surface area contributed by atoms with Crippen molar-refractivity contribution in [1.82, 2.24) is 4.98 Å². The number of nitrogens with zero attached hydrogens (tertiary/aromatic N) is 2. The van der Waals surface area contributed by atoms with Crippen molar-refractivity contribution in [3.8, 4) is 0 Å². The van der Waals surface area contributed by atoms with Gasteiger partial charge < -0.3 is 4.90 Å². The Balaban J connectivity index is 1.91. The van der Waals surface area contributed by atoms with Gasteiger partial charge in [-0.05, 0) is 43.7 Å². The molecule has 2 nitrogen and oxygen atoms in total. The third kappa shape index (κ3) is 1.29. The molecule has 0 unspecified atom stereocenters. The fourth-order valence-corrected chi connectivity index (χ4v) is 2.53. The topological polar surface area (TPSA) is 16.1 Å². The van der Waals surface area contributed by atoms with Gasteiger partial charge in [0.15, 0.2) is 0 Å². The van der Waals surface area contributed by atoms with Gasteiger partial charge in [-0.2, -0.15) is 0 Å². The van der Waals surface area contributed by atoms with Crippen molar-refractivity contribution < 1.29 is 0 Å². The number of anilines is 1. The number of aryl methyl sites for hydroxylation is 2. The van der Waals surface area contributed by atoms with Gasteiger partial charge in [-0.25, -0.2) is 4.98 Å². The summed E-state index contributed by atoms with van der Waals surface area (Å²) in [6, 6.07) is 4.48. The van der Waals surface area contributed by atoms with Gasteiger partial charge in [-0.15, -0.1) is 0 Å². The maximum atomic E-state index is 4.76. The molecule has 0 N–H and O–H groups in total. The van der Waals surface area contributed by atoms with Crippen molar-refractivity contribution in [2.24, 2.45) is 0 Å². The van der Waals surface area contributed by atoms with Gasteiger partial charge in [-0.3, -0.25) is 0 Å². The van der Waals surface area contributed by atoms with Gasteiger partial charge in [0.1, 0.15) is 5.82 Å². The number of rotatable bonds is 1. The van der Waals surface area contributed by atoms with E-state index in [0.29, 0.717) is 0 Å². The predicted molar refractivity (Wildman–Crippen MR) is 57.7 cm³/mol. The second-order valence-corrected chi connectivity index (χ2v) is 4.32. The molecule has 0 atom stereocenters. The van der Waals surface area contributed by atoms with Gasteiger partial charge >= 0.3 is 0 Å². The quantitative estimate of drug-likeness (QED) is 0.671. The molecule has 0 spiro atoms. The van der Waals surface area contributed by atoms with Crippen LogP contribution in [0.5, 0.6) is 0 Å². The second-order valence-electron chi connectivity index (χ2n) is 4.32. The van der Waals surface area contributed by atoms with Crippen molar-refractivity contribution in [1.29, 1.82) is 0 Å². The number of aromatic nitrogens is 1. The van der Waals surface area contributed by atoms with E-state index in [-0.39, 0.29) is 0 Å². The van der Waals surface area contributed by atoms with Crippen LogP contribution in [0.1, 0.15) is 30.5 Å². The van der Waals surface area contributed by atoms with E-state index in [4.69, 9.17) is 4.98 Å². The molecule has 1 aliphatic carbocycles. The minimum absolute atomic E-state index is 1.19. The first-order valence-electron chi connectivity index (χ1n) is 5.67. The van der Waals surface area contributed by atoms with E-state index in [2.05, 4.69) is 17.0 Å². The summed E-state index contributed by atoms with van der Waals surface area (Å²) in [4.78, 5) is 7.18. The van der Waals surface area contributed by atoms with Crippen LogP contribution >= 0.6 is 0 Å². The number of fused-ring (bicyclic) bond motifs is 1. The predicted octanol–water partition coefficient (Wildman–Crippen LogP) is 2.17. The molecular formula is C12H16N2. The minimum Gasteiger partial charge on any atom is -0.357 e. The van der Waals surface area contributed by atoms with E-state index in [1.165, 1.54) is 62.3 Å². The van der Waals surface area contributed by atoms with Crippen molar-refractivity contribution in [3.63, 3.8) is 0 Å². The summed E-state index contributed by atoms with van der Waals surface area (Å²) in [5.74, 6) is 1.21. The van der Waals surface area contributed by atoms with Crippen molar-refractivity contribution >= 4 is 5.82 Å². The smallest absolute Gasteiger partial charge is 0.128 e. The van der Waals surface area contributed by atoms with Crippen LogP contribution in [0.15, 0.2) is 12.1 Å². The third-order valence-corrected chi connectivity index (χ3v) is 3.34. The molecule has 1 aromatic rings. The average molecular weight is 188 g/mol. The molecule has 0 saturated carbocycles. The molecule has 1 aromatic heterocycles. The highest BCUT2D eigenvalue weighted by atomic mass is 15.2. The highest BCUT2D eigenvalue weighted by Crippen LogP contribution is 2.24. The number of hydrogen-bond donors (Lipinski definition) is 0. The molecule has 0 radical (unpaired) electrons. The van der Waals surface area contributed by atoms with E-state index in [1.54, 1.807) is 0 Å². The lowest BCUT2D eigenvalue weighted by Gasteiger charge is -2.16. The average Bonchev–Trinajstić information content (AvgIpc) is 2.88. The Bertz CT molecular complexity index is 340. The molecule has 0 bridgehead atoms. The second kappa shape index (κ2) is 3.26. The van der Waals surface area contributed by atoms with E-state index in [0.717, 1.165) is 0 Å². The van der Waals surface area contributed by atoms with E-state index in [1.807, 2.05) is 0 Å². The standard InChI is InChI=1S/C12H16N2/c1-2-9-14(8-1)12-7-6-10-4-3-5-11(10)13-12/h6-7H,1-5,8-9H2. The highest BCUT2D eigenvalue weighted by Gasteiger charge is 2.17. The van der Waals surface area contributed by atoms with Gasteiger partial charge in [0, 0.05) is 18.8 Å². The van der Waals surface area contributed by atoms with Gasteiger partial charge in [-0.1, -0.05) is 6.07 Å². The summed E-state index contributed by atoms with van der Waals surface area (Å²) >= 11 is 0. The summed E-state index contributed by atoms with van der Waals surface area (Å²) in [7, 11) is 0. The number of hydrogen-bond acceptors (Lipinski definition) is 2. The monoisotopic (exact) mass is 188 g/mol. The van der Waals surface area contributed by atoms with Crippen molar-refractivity contribution in [3.05, 3.63) is 23.4 Å². The van der Waals surface area contributed by atoms with E-state index >= 15 is 0 Å². The highest BCUT2D eigenvalue weighted by molar-refractivity contribution is 5.43. The Labute approximate surface area is 85.0 Å². The first-order chi connectivity index (χ1) is 6.93. The zero-order chi connectivity index (χ0) is 9.38. The molecule has 14 heavy (non-hydrogen) atoms. The Morgan fingerprint density at radius 1 is 1.00 bits per heavy atom. The zero-order valence-corrected chi connectivity index (χ0v) is 8.50. The van der Waals surface area contributed by atoms with Crippen LogP contribution < -0.4 is 4.90 Å². The first kappa shape index (κ1) is 8.27. The Morgan fingerprint density at radius 3 is 2.71 bits per heavy atom. The van der Waals surface area contributed by atoms with Crippen LogP contribution in [-0.2, 0) is 12.8 Å². The van der Waals surface area contributed by atoms with Crippen LogP contribution in [0.2, 0.25) is 0 Å². The lowest BCUT2D eigenvalue weighted by molar-refractivity contribution is 0.887. The van der Waals surface area contributed by atoms with Gasteiger partial charge in [0.25, 0.3) is 0 Å². The van der Waals surface area contributed by atoms with Crippen LogP contribution in [0.25, 0.3) is 0 Å². The maximum Gasteiger partial charge on any atom is 0.128 e. The molecule has 3 rings (SSSR count). The summed E-state index contributed by atoms with van der Waals surface area (Å²) < 4.78 is 0. The summed E-state index contributed by atoms with van der Waals surface area (Å²) in [6.07, 6.45) is 6.39. The molecule has 2 heteroatoms. The maximum absolute atomic E-state index is 4.76. The summed E-state index contributed by atoms with van der Waals surface area (Å²) in [5, 5.41) is 0. The zero-order valence-electron chi connectivity index (χ0n) is 8.50. The molecule has 0 aromatic carbocycles. The molecule has 74 valence electrons. The van der Waals surface area contributed by atoms with Crippen LogP contribution in [0.4, 0.5) is 5.82 Å². The Hall–Kier alpha value is -1.05. The van der Waals surface area contributed by atoms with Crippen molar-refractivity contribution in [2.45, 2.75) is 32.1 Å². The minimum atomic E-state index is 1.19. The van der Waals surface area contributed by atoms with Gasteiger partial charge in [0.05, 0.1) is 0 Å². The molecule has 2 aliphatic rings. The van der Waals surface area contributed by atoms with Crippen LogP contribution in [0, 0.1) is 0 Å². The van der Waals surface area contributed by atoms with E-state index in [9.17, 15) is 0 Å². The van der Waals surface area contributed by atoms with Crippen LogP contribution in [-0.4, -0.2) is 18.1 Å². The Kier molecular flexibility index (Phi) is 1.93. The fraction of sp³-hybridized carbons (Fsp3) is 0.583. The van der Waals surface area contributed by atoms with Gasteiger partial charge in [0.2, 0.25) is 0 Å². The van der Waals surface area contributed by atoms with E-state index < -0.39 is 0 Å². The molecule has 1 fully saturated rings. The normalized spacial score (nSPS) is 20.1. The lowest BCUT2D eigenvalue weighted by Crippen LogP contribution is -2.19. The third-order valence-electron chi connectivity index (χ3n) is 3.34. The van der Waals surface area contributed by atoms with Crippen molar-refractivity contribution in [2.75, 3.05) is 18.0 Å². The molecule has 0 amide bonds. The lowest BCUT2D eigenvalue weighted by atomic mass is 10.2. The molecule has 1 aliphatic heterocycles. The fourth-order valence-electron chi connectivity index (χ4n) is 2.53. The number of pyridine rings is 1. The summed E-state index contributed by atoms with van der Waals surface area (Å²) in [6.45, 7) is 2.40. The molecule has 2 heterocycles. The Morgan fingerprint density at radius 2 is 1.86 bits per heavy atom. The van der Waals surface area contributed by atoms with Crippen LogP contribution in [0.3, 0.4) is 0 Å². The molecular weight excluding hydrogens is 172 g/mol. The SMILES string of the molecule is c1cc2c(nc1N1CCCC1)CCC2. The largest absolute Gasteiger partial charge is 0.357 e. The first-order valence-corrected chi connectivity index (χ1v) is 5.67. The molecule has 1 saturated heterocycles. The summed E-state index contributed by atoms with van der Waals surface area (Å²) in [5.41, 5.74) is 2.84.